The summed E-state index contributed by atoms with van der Waals surface area (Å²) in [5.74, 6) is -0.498. The number of benzene rings is 1. The van der Waals surface area contributed by atoms with Crippen molar-refractivity contribution in [3.05, 3.63) is 51.1 Å². The molecule has 22 heavy (non-hydrogen) atoms. The van der Waals surface area contributed by atoms with Gasteiger partial charge >= 0.3 is 0 Å². The van der Waals surface area contributed by atoms with Gasteiger partial charge in [0.1, 0.15) is 0 Å². The molecule has 0 aliphatic carbocycles. The van der Waals surface area contributed by atoms with Gasteiger partial charge in [-0.3, -0.25) is 9.59 Å². The molecule has 114 valence electrons. The van der Waals surface area contributed by atoms with Crippen molar-refractivity contribution in [1.82, 2.24) is 5.43 Å². The predicted molar refractivity (Wildman–Crippen MR) is 92.1 cm³/mol. The van der Waals surface area contributed by atoms with E-state index in [4.69, 9.17) is 0 Å². The lowest BCUT2D eigenvalue weighted by atomic mass is 10.2. The van der Waals surface area contributed by atoms with E-state index in [-0.39, 0.29) is 24.7 Å². The molecule has 1 heterocycles. The molecule has 2 rings (SSSR count). The third kappa shape index (κ3) is 5.79. The van der Waals surface area contributed by atoms with E-state index in [1.165, 1.54) is 11.3 Å². The normalized spacial score (nSPS) is 10.6. The highest BCUT2D eigenvalue weighted by atomic mass is 79.9. The first kappa shape index (κ1) is 16.4. The van der Waals surface area contributed by atoms with Gasteiger partial charge in [-0.05, 0) is 40.2 Å². The van der Waals surface area contributed by atoms with Crippen LogP contribution in [0.1, 0.15) is 17.7 Å². The number of carbonyl (C=O) groups is 2. The lowest BCUT2D eigenvalue weighted by Crippen LogP contribution is -2.20. The van der Waals surface area contributed by atoms with E-state index < -0.39 is 0 Å². The van der Waals surface area contributed by atoms with Gasteiger partial charge in [-0.25, -0.2) is 5.43 Å². The monoisotopic (exact) mass is 379 g/mol. The molecule has 0 atom stereocenters. The Labute approximate surface area is 140 Å². The standard InChI is InChI=1S/C15H14BrN3O2S/c16-13-7-6-12(22-13)10-17-19-15(21)9-8-14(20)18-11-4-2-1-3-5-11/h1-7,10H,8-9H2,(H,18,20)(H,19,21). The SMILES string of the molecule is O=C(CCC(=O)Nc1ccccc1)NN=Cc1ccc(Br)s1. The summed E-state index contributed by atoms with van der Waals surface area (Å²) in [5, 5.41) is 6.57. The number of amides is 2. The first-order valence-electron chi connectivity index (χ1n) is 6.55. The first-order valence-corrected chi connectivity index (χ1v) is 8.16. The Morgan fingerprint density at radius 1 is 1.09 bits per heavy atom. The van der Waals surface area contributed by atoms with Crippen LogP contribution >= 0.6 is 27.3 Å². The number of nitrogens with one attached hydrogen (secondary N) is 2. The van der Waals surface area contributed by atoms with Crippen LogP contribution in [0.4, 0.5) is 5.69 Å². The molecule has 0 bridgehead atoms. The maximum atomic E-state index is 11.7. The fourth-order valence-electron chi connectivity index (χ4n) is 1.59. The van der Waals surface area contributed by atoms with Crippen molar-refractivity contribution in [2.45, 2.75) is 12.8 Å². The Hall–Kier alpha value is -1.99. The number of anilines is 1. The van der Waals surface area contributed by atoms with Crippen molar-refractivity contribution in [2.24, 2.45) is 5.10 Å². The molecule has 0 saturated carbocycles. The van der Waals surface area contributed by atoms with Gasteiger partial charge in [0, 0.05) is 23.4 Å². The minimum Gasteiger partial charge on any atom is -0.326 e. The number of carbonyl (C=O) groups excluding carboxylic acids is 2. The van der Waals surface area contributed by atoms with Crippen LogP contribution in [0.3, 0.4) is 0 Å². The second kappa shape index (κ2) is 8.45. The molecular weight excluding hydrogens is 366 g/mol. The molecule has 7 heteroatoms. The van der Waals surface area contributed by atoms with E-state index in [0.717, 1.165) is 8.66 Å². The number of rotatable bonds is 6. The van der Waals surface area contributed by atoms with Gasteiger partial charge in [-0.1, -0.05) is 18.2 Å². The smallest absolute Gasteiger partial charge is 0.240 e. The van der Waals surface area contributed by atoms with Crippen molar-refractivity contribution in [3.63, 3.8) is 0 Å². The molecule has 0 spiro atoms. The third-order valence-electron chi connectivity index (χ3n) is 2.61. The van der Waals surface area contributed by atoms with E-state index >= 15 is 0 Å². The molecule has 2 amide bonds. The zero-order valence-electron chi connectivity index (χ0n) is 11.6. The summed E-state index contributed by atoms with van der Waals surface area (Å²) in [6.07, 6.45) is 1.77. The predicted octanol–water partition coefficient (Wildman–Crippen LogP) is 3.38. The van der Waals surface area contributed by atoms with Crippen LogP contribution in [0.2, 0.25) is 0 Å². The van der Waals surface area contributed by atoms with Gasteiger partial charge in [0.2, 0.25) is 11.8 Å². The van der Waals surface area contributed by atoms with Crippen LogP contribution in [0, 0.1) is 0 Å². The number of para-hydroxylation sites is 1. The lowest BCUT2D eigenvalue weighted by molar-refractivity contribution is -0.124. The fraction of sp³-hybridized carbons (Fsp3) is 0.133. The molecule has 0 aliphatic heterocycles. The summed E-state index contributed by atoms with van der Waals surface area (Å²) < 4.78 is 0.998. The van der Waals surface area contributed by atoms with Crippen molar-refractivity contribution in [3.8, 4) is 0 Å². The topological polar surface area (TPSA) is 70.6 Å². The van der Waals surface area contributed by atoms with Gasteiger partial charge in [-0.2, -0.15) is 5.10 Å². The van der Waals surface area contributed by atoms with Crippen molar-refractivity contribution < 1.29 is 9.59 Å². The quantitative estimate of drug-likeness (QED) is 0.596. The van der Waals surface area contributed by atoms with Gasteiger partial charge in [0.05, 0.1) is 10.0 Å². The van der Waals surface area contributed by atoms with Crippen LogP contribution in [0.25, 0.3) is 0 Å². The summed E-state index contributed by atoms with van der Waals surface area (Å²) >= 11 is 4.86. The van der Waals surface area contributed by atoms with E-state index in [2.05, 4.69) is 31.8 Å². The molecule has 2 aromatic rings. The number of halogens is 1. The Balaban J connectivity index is 1.69. The molecule has 0 unspecified atom stereocenters. The summed E-state index contributed by atoms with van der Waals surface area (Å²) in [4.78, 5) is 24.2. The number of hydrogen-bond donors (Lipinski definition) is 2. The Morgan fingerprint density at radius 2 is 1.82 bits per heavy atom. The molecule has 5 nitrogen and oxygen atoms in total. The number of thiophene rings is 1. The van der Waals surface area contributed by atoms with Gasteiger partial charge in [-0.15, -0.1) is 11.3 Å². The zero-order chi connectivity index (χ0) is 15.8. The minimum atomic E-state index is -0.296. The highest BCUT2D eigenvalue weighted by Crippen LogP contribution is 2.20. The molecule has 0 saturated heterocycles. The Bertz CT molecular complexity index is 670. The zero-order valence-corrected chi connectivity index (χ0v) is 14.0. The van der Waals surface area contributed by atoms with Gasteiger partial charge in [0.15, 0.2) is 0 Å². The fourth-order valence-corrected chi connectivity index (χ4v) is 2.89. The molecule has 0 radical (unpaired) electrons. The van der Waals surface area contributed by atoms with E-state index in [1.54, 1.807) is 18.3 Å². The largest absolute Gasteiger partial charge is 0.326 e. The second-order valence-electron chi connectivity index (χ2n) is 4.35. The summed E-state index contributed by atoms with van der Waals surface area (Å²) in [6.45, 7) is 0. The maximum Gasteiger partial charge on any atom is 0.240 e. The number of hydrogen-bond acceptors (Lipinski definition) is 4. The van der Waals surface area contributed by atoms with Crippen LogP contribution in [-0.4, -0.2) is 18.0 Å². The van der Waals surface area contributed by atoms with Gasteiger partial charge in [0.25, 0.3) is 0 Å². The maximum absolute atomic E-state index is 11.7. The van der Waals surface area contributed by atoms with Crippen LogP contribution < -0.4 is 10.7 Å². The molecule has 2 N–H and O–H groups in total. The highest BCUT2D eigenvalue weighted by Gasteiger charge is 2.06. The van der Waals surface area contributed by atoms with E-state index in [1.807, 2.05) is 30.3 Å². The number of hydrazone groups is 1. The van der Waals surface area contributed by atoms with Crippen LogP contribution in [-0.2, 0) is 9.59 Å². The van der Waals surface area contributed by atoms with Gasteiger partial charge < -0.3 is 5.32 Å². The molecular formula is C15H14BrN3O2S. The molecule has 0 aliphatic rings. The third-order valence-corrected chi connectivity index (χ3v) is 4.17. The van der Waals surface area contributed by atoms with Crippen LogP contribution in [0.15, 0.2) is 51.4 Å². The van der Waals surface area contributed by atoms with E-state index in [0.29, 0.717) is 5.69 Å². The van der Waals surface area contributed by atoms with E-state index in [9.17, 15) is 9.59 Å². The summed E-state index contributed by atoms with van der Waals surface area (Å²) in [6, 6.07) is 12.9. The van der Waals surface area contributed by atoms with Crippen molar-refractivity contribution in [2.75, 3.05) is 5.32 Å². The highest BCUT2D eigenvalue weighted by molar-refractivity contribution is 9.11. The lowest BCUT2D eigenvalue weighted by Gasteiger charge is -2.04. The average molecular weight is 380 g/mol. The number of nitrogens with zero attached hydrogens (tertiary/aromatic N) is 1. The minimum absolute atomic E-state index is 0.0874. The molecule has 0 fully saturated rings. The van der Waals surface area contributed by atoms with Crippen LogP contribution in [0.5, 0.6) is 0 Å². The second-order valence-corrected chi connectivity index (χ2v) is 6.84. The molecule has 1 aromatic heterocycles. The van der Waals surface area contributed by atoms with Crippen molar-refractivity contribution in [1.29, 1.82) is 0 Å². The first-order chi connectivity index (χ1) is 10.6. The average Bonchev–Trinajstić information content (AvgIpc) is 2.92. The molecule has 1 aromatic carbocycles. The Kier molecular flexibility index (Phi) is 6.29. The summed E-state index contributed by atoms with van der Waals surface area (Å²) in [7, 11) is 0. The Morgan fingerprint density at radius 3 is 2.50 bits per heavy atom. The van der Waals surface area contributed by atoms with Crippen molar-refractivity contribution >= 4 is 51.0 Å². The summed E-state index contributed by atoms with van der Waals surface area (Å²) in [5.41, 5.74) is 3.12.